The van der Waals surface area contributed by atoms with Crippen molar-refractivity contribution in [3.63, 3.8) is 0 Å². The van der Waals surface area contributed by atoms with Crippen LogP contribution in [0.3, 0.4) is 0 Å². The van der Waals surface area contributed by atoms with E-state index in [1.54, 1.807) is 24.4 Å². The molecule has 88 valence electrons. The zero-order chi connectivity index (χ0) is 12.3. The zero-order valence-corrected chi connectivity index (χ0v) is 10.1. The third kappa shape index (κ3) is 2.47. The number of phenols is 1. The van der Waals surface area contributed by atoms with E-state index in [0.717, 1.165) is 0 Å². The fourth-order valence-electron chi connectivity index (χ4n) is 1.62. The van der Waals surface area contributed by atoms with Crippen LogP contribution < -0.4 is 4.90 Å². The maximum Gasteiger partial charge on any atom is 0.224 e. The number of hydrogen-bond acceptors (Lipinski definition) is 4. The minimum Gasteiger partial charge on any atom is -0.506 e. The van der Waals surface area contributed by atoms with Crippen LogP contribution in [0.4, 0.5) is 11.5 Å². The summed E-state index contributed by atoms with van der Waals surface area (Å²) in [4.78, 5) is 9.83. The third-order valence-electron chi connectivity index (χ3n) is 2.38. The monoisotopic (exact) mass is 249 g/mol. The van der Waals surface area contributed by atoms with Crippen LogP contribution in [-0.4, -0.2) is 21.6 Å². The average molecular weight is 250 g/mol. The van der Waals surface area contributed by atoms with Crippen LogP contribution in [0.15, 0.2) is 36.5 Å². The van der Waals surface area contributed by atoms with Gasteiger partial charge < -0.3 is 10.0 Å². The van der Waals surface area contributed by atoms with Gasteiger partial charge in [-0.05, 0) is 36.7 Å². The molecule has 4 nitrogen and oxygen atoms in total. The van der Waals surface area contributed by atoms with Crippen LogP contribution in [0.2, 0.25) is 5.28 Å². The summed E-state index contributed by atoms with van der Waals surface area (Å²) in [5, 5.41) is 10.0. The van der Waals surface area contributed by atoms with Gasteiger partial charge in [-0.15, -0.1) is 0 Å². The number of halogens is 1. The molecule has 1 heterocycles. The number of anilines is 2. The minimum absolute atomic E-state index is 0.191. The lowest BCUT2D eigenvalue weighted by molar-refractivity contribution is 0.475. The molecule has 17 heavy (non-hydrogen) atoms. The summed E-state index contributed by atoms with van der Waals surface area (Å²) in [6.45, 7) is 2.65. The zero-order valence-electron chi connectivity index (χ0n) is 9.34. The molecule has 0 atom stereocenters. The molecular formula is C12H12ClN3O. The first-order valence-electron chi connectivity index (χ1n) is 5.26. The summed E-state index contributed by atoms with van der Waals surface area (Å²) in [6, 6.07) is 8.86. The fourth-order valence-corrected chi connectivity index (χ4v) is 1.77. The fraction of sp³-hybridized carbons (Fsp3) is 0.167. The topological polar surface area (TPSA) is 49.2 Å². The van der Waals surface area contributed by atoms with Crippen molar-refractivity contribution in [2.24, 2.45) is 0 Å². The molecule has 0 fully saturated rings. The van der Waals surface area contributed by atoms with Crippen molar-refractivity contribution in [2.75, 3.05) is 11.4 Å². The van der Waals surface area contributed by atoms with Crippen LogP contribution in [0.5, 0.6) is 5.75 Å². The summed E-state index contributed by atoms with van der Waals surface area (Å²) in [6.07, 6.45) is 1.59. The second kappa shape index (κ2) is 5.01. The maximum atomic E-state index is 9.82. The van der Waals surface area contributed by atoms with Crippen LogP contribution in [0, 0.1) is 0 Å². The van der Waals surface area contributed by atoms with E-state index in [4.69, 9.17) is 11.6 Å². The second-order valence-electron chi connectivity index (χ2n) is 3.42. The van der Waals surface area contributed by atoms with Crippen LogP contribution in [-0.2, 0) is 0 Å². The van der Waals surface area contributed by atoms with Gasteiger partial charge in [-0.3, -0.25) is 0 Å². The van der Waals surface area contributed by atoms with E-state index in [9.17, 15) is 5.11 Å². The van der Waals surface area contributed by atoms with E-state index in [1.165, 1.54) is 0 Å². The highest BCUT2D eigenvalue weighted by atomic mass is 35.5. The Hall–Kier alpha value is -1.81. The predicted molar refractivity (Wildman–Crippen MR) is 67.8 cm³/mol. The molecule has 0 aliphatic heterocycles. The highest BCUT2D eigenvalue weighted by molar-refractivity contribution is 6.28. The maximum absolute atomic E-state index is 9.82. The van der Waals surface area contributed by atoms with E-state index in [1.807, 2.05) is 24.0 Å². The standard InChI is InChI=1S/C12H12ClN3O/c1-2-16(9-5-3-4-6-10(9)17)11-7-8-14-12(13)15-11/h3-8,17H,2H2,1H3. The lowest BCUT2D eigenvalue weighted by Crippen LogP contribution is -2.17. The SMILES string of the molecule is CCN(c1ccnc(Cl)n1)c1ccccc1O. The predicted octanol–water partition coefficient (Wildman–Crippen LogP) is 2.99. The lowest BCUT2D eigenvalue weighted by atomic mass is 10.2. The molecule has 1 aromatic heterocycles. The van der Waals surface area contributed by atoms with Gasteiger partial charge in [-0.1, -0.05) is 12.1 Å². The van der Waals surface area contributed by atoms with Crippen molar-refractivity contribution in [1.29, 1.82) is 0 Å². The van der Waals surface area contributed by atoms with E-state index in [2.05, 4.69) is 9.97 Å². The molecule has 0 spiro atoms. The summed E-state index contributed by atoms with van der Waals surface area (Å²) in [5.41, 5.74) is 0.699. The molecule has 0 bridgehead atoms. The quantitative estimate of drug-likeness (QED) is 0.850. The lowest BCUT2D eigenvalue weighted by Gasteiger charge is -2.22. The van der Waals surface area contributed by atoms with Crippen LogP contribution in [0.25, 0.3) is 0 Å². The van der Waals surface area contributed by atoms with Gasteiger partial charge in [0, 0.05) is 12.7 Å². The van der Waals surface area contributed by atoms with Gasteiger partial charge in [0.25, 0.3) is 0 Å². The molecule has 1 aromatic carbocycles. The number of phenolic OH excluding ortho intramolecular Hbond substituents is 1. The molecule has 2 aromatic rings. The summed E-state index contributed by atoms with van der Waals surface area (Å²) >= 11 is 5.76. The number of benzene rings is 1. The van der Waals surface area contributed by atoms with Crippen molar-refractivity contribution in [1.82, 2.24) is 9.97 Å². The van der Waals surface area contributed by atoms with E-state index in [0.29, 0.717) is 18.1 Å². The van der Waals surface area contributed by atoms with Crippen LogP contribution >= 0.6 is 11.6 Å². The van der Waals surface area contributed by atoms with E-state index >= 15 is 0 Å². The van der Waals surface area contributed by atoms with Gasteiger partial charge in [0.1, 0.15) is 11.6 Å². The third-order valence-corrected chi connectivity index (χ3v) is 2.56. The second-order valence-corrected chi connectivity index (χ2v) is 3.75. The van der Waals surface area contributed by atoms with Gasteiger partial charge in [0.05, 0.1) is 5.69 Å². The van der Waals surface area contributed by atoms with Gasteiger partial charge in [0.2, 0.25) is 5.28 Å². The smallest absolute Gasteiger partial charge is 0.224 e. The highest BCUT2D eigenvalue weighted by Crippen LogP contribution is 2.31. The molecule has 0 saturated carbocycles. The molecule has 0 unspecified atom stereocenters. The Morgan fingerprint density at radius 1 is 1.29 bits per heavy atom. The van der Waals surface area contributed by atoms with Gasteiger partial charge >= 0.3 is 0 Å². The molecule has 0 aliphatic rings. The Morgan fingerprint density at radius 3 is 2.71 bits per heavy atom. The average Bonchev–Trinajstić information content (AvgIpc) is 2.33. The molecule has 5 heteroatoms. The Kier molecular flexibility index (Phi) is 3.44. The first-order valence-corrected chi connectivity index (χ1v) is 5.64. The largest absolute Gasteiger partial charge is 0.506 e. The minimum atomic E-state index is 0.191. The molecule has 2 rings (SSSR count). The van der Waals surface area contributed by atoms with Crippen molar-refractivity contribution >= 4 is 23.1 Å². The number of nitrogens with zero attached hydrogens (tertiary/aromatic N) is 3. The number of aromatic nitrogens is 2. The summed E-state index contributed by atoms with van der Waals surface area (Å²) in [5.74, 6) is 0.873. The molecule has 0 saturated heterocycles. The van der Waals surface area contributed by atoms with Crippen molar-refractivity contribution in [3.05, 3.63) is 41.8 Å². The molecule has 0 aliphatic carbocycles. The number of rotatable bonds is 3. The Balaban J connectivity index is 2.44. The molecular weight excluding hydrogens is 238 g/mol. The molecule has 0 radical (unpaired) electrons. The first kappa shape index (κ1) is 11.7. The number of aromatic hydroxyl groups is 1. The summed E-state index contributed by atoms with van der Waals surface area (Å²) < 4.78 is 0. The van der Waals surface area contributed by atoms with E-state index in [-0.39, 0.29) is 11.0 Å². The van der Waals surface area contributed by atoms with Gasteiger partial charge in [-0.2, -0.15) is 0 Å². The molecule has 1 N–H and O–H groups in total. The van der Waals surface area contributed by atoms with Crippen molar-refractivity contribution in [3.8, 4) is 5.75 Å². The van der Waals surface area contributed by atoms with Crippen LogP contribution in [0.1, 0.15) is 6.92 Å². The Bertz CT molecular complexity index is 519. The van der Waals surface area contributed by atoms with E-state index < -0.39 is 0 Å². The van der Waals surface area contributed by atoms with Crippen molar-refractivity contribution in [2.45, 2.75) is 6.92 Å². The number of hydrogen-bond donors (Lipinski definition) is 1. The molecule has 0 amide bonds. The first-order chi connectivity index (χ1) is 8.22. The highest BCUT2D eigenvalue weighted by Gasteiger charge is 2.12. The Labute approximate surface area is 105 Å². The van der Waals surface area contributed by atoms with Gasteiger partial charge in [-0.25, -0.2) is 9.97 Å². The van der Waals surface area contributed by atoms with Gasteiger partial charge in [0.15, 0.2) is 0 Å². The summed E-state index contributed by atoms with van der Waals surface area (Å²) in [7, 11) is 0. The Morgan fingerprint density at radius 2 is 2.06 bits per heavy atom. The normalized spacial score (nSPS) is 10.2. The number of para-hydroxylation sites is 2. The van der Waals surface area contributed by atoms with Crippen molar-refractivity contribution < 1.29 is 5.11 Å².